The summed E-state index contributed by atoms with van der Waals surface area (Å²) in [5.41, 5.74) is 2.28. The maximum atomic E-state index is 11.4. The SMILES string of the molecule is CCS(=O)(=O)CCCNCCc1cccc2cccnc12. The monoisotopic (exact) mass is 306 g/mol. The van der Waals surface area contributed by atoms with Crippen molar-refractivity contribution in [2.24, 2.45) is 0 Å². The summed E-state index contributed by atoms with van der Waals surface area (Å²) in [6.07, 6.45) is 3.38. The van der Waals surface area contributed by atoms with Crippen LogP contribution in [0.2, 0.25) is 0 Å². The summed E-state index contributed by atoms with van der Waals surface area (Å²) < 4.78 is 22.7. The van der Waals surface area contributed by atoms with Crippen molar-refractivity contribution in [1.29, 1.82) is 0 Å². The summed E-state index contributed by atoms with van der Waals surface area (Å²) in [5.74, 6) is 0.501. The van der Waals surface area contributed by atoms with E-state index in [1.807, 2.05) is 18.3 Å². The first kappa shape index (κ1) is 15.9. The molecule has 0 aliphatic carbocycles. The lowest BCUT2D eigenvalue weighted by Gasteiger charge is -2.07. The molecule has 0 saturated heterocycles. The fourth-order valence-corrected chi connectivity index (χ4v) is 3.15. The standard InChI is InChI=1S/C16H22N2O2S/c1-2-21(19,20)13-5-10-17-12-9-15-7-3-6-14-8-4-11-18-16(14)15/h3-4,6-8,11,17H,2,5,9-10,12-13H2,1H3. The number of sulfone groups is 1. The number of hydrogen-bond donors (Lipinski definition) is 1. The average molecular weight is 306 g/mol. The van der Waals surface area contributed by atoms with Crippen LogP contribution in [0.4, 0.5) is 0 Å². The van der Waals surface area contributed by atoms with Gasteiger partial charge in [-0.15, -0.1) is 0 Å². The van der Waals surface area contributed by atoms with Crippen molar-refractivity contribution in [1.82, 2.24) is 10.3 Å². The summed E-state index contributed by atoms with van der Waals surface area (Å²) in [5, 5.41) is 4.46. The quantitative estimate of drug-likeness (QED) is 0.760. The van der Waals surface area contributed by atoms with Gasteiger partial charge in [-0.05, 0) is 37.6 Å². The molecule has 0 bridgehead atoms. The number of pyridine rings is 1. The Balaban J connectivity index is 1.78. The lowest BCUT2D eigenvalue weighted by Crippen LogP contribution is -2.21. The second-order valence-electron chi connectivity index (χ2n) is 5.08. The van der Waals surface area contributed by atoms with E-state index in [1.165, 1.54) is 5.56 Å². The highest BCUT2D eigenvalue weighted by Crippen LogP contribution is 2.15. The predicted molar refractivity (Wildman–Crippen MR) is 87.3 cm³/mol. The normalized spacial score (nSPS) is 11.9. The fraction of sp³-hybridized carbons (Fsp3) is 0.438. The molecule has 1 N–H and O–H groups in total. The smallest absolute Gasteiger partial charge is 0.150 e. The maximum Gasteiger partial charge on any atom is 0.150 e. The average Bonchev–Trinajstić information content (AvgIpc) is 2.51. The Labute approximate surface area is 126 Å². The molecular formula is C16H22N2O2S. The number of nitrogens with zero attached hydrogens (tertiary/aromatic N) is 1. The minimum absolute atomic E-state index is 0.231. The molecule has 5 heteroatoms. The van der Waals surface area contributed by atoms with Crippen LogP contribution in [0.1, 0.15) is 18.9 Å². The van der Waals surface area contributed by atoms with Gasteiger partial charge in [-0.3, -0.25) is 4.98 Å². The molecule has 0 aliphatic rings. The Kier molecular flexibility index (Phi) is 5.70. The van der Waals surface area contributed by atoms with Gasteiger partial charge in [0.1, 0.15) is 9.84 Å². The molecule has 114 valence electrons. The van der Waals surface area contributed by atoms with Crippen molar-refractivity contribution in [3.05, 3.63) is 42.1 Å². The van der Waals surface area contributed by atoms with Crippen LogP contribution in [0, 0.1) is 0 Å². The molecule has 0 radical (unpaired) electrons. The number of rotatable bonds is 8. The van der Waals surface area contributed by atoms with E-state index in [9.17, 15) is 8.42 Å². The van der Waals surface area contributed by atoms with E-state index in [0.29, 0.717) is 6.42 Å². The van der Waals surface area contributed by atoms with Gasteiger partial charge >= 0.3 is 0 Å². The first-order chi connectivity index (χ1) is 10.1. The molecule has 2 rings (SSSR count). The van der Waals surface area contributed by atoms with Crippen LogP contribution in [0.3, 0.4) is 0 Å². The molecule has 2 aromatic rings. The van der Waals surface area contributed by atoms with Gasteiger partial charge in [0.15, 0.2) is 0 Å². The number of para-hydroxylation sites is 1. The van der Waals surface area contributed by atoms with Crippen molar-refractivity contribution in [3.63, 3.8) is 0 Å². The molecule has 0 unspecified atom stereocenters. The first-order valence-corrected chi connectivity index (χ1v) is 9.18. The molecule has 0 aliphatic heterocycles. The number of benzene rings is 1. The maximum absolute atomic E-state index is 11.4. The van der Waals surface area contributed by atoms with E-state index in [1.54, 1.807) is 6.92 Å². The van der Waals surface area contributed by atoms with Gasteiger partial charge in [-0.25, -0.2) is 8.42 Å². The van der Waals surface area contributed by atoms with Crippen LogP contribution in [0.5, 0.6) is 0 Å². The molecule has 1 aromatic carbocycles. The summed E-state index contributed by atoms with van der Waals surface area (Å²) in [6, 6.07) is 10.2. The lowest BCUT2D eigenvalue weighted by atomic mass is 10.1. The molecule has 0 saturated carbocycles. The highest BCUT2D eigenvalue weighted by atomic mass is 32.2. The third kappa shape index (κ3) is 4.79. The second-order valence-corrected chi connectivity index (χ2v) is 7.55. The van der Waals surface area contributed by atoms with Gasteiger partial charge in [0.05, 0.1) is 11.3 Å². The van der Waals surface area contributed by atoms with Gasteiger partial charge < -0.3 is 5.32 Å². The Morgan fingerprint density at radius 1 is 1.14 bits per heavy atom. The zero-order valence-corrected chi connectivity index (χ0v) is 13.2. The van der Waals surface area contributed by atoms with Crippen molar-refractivity contribution < 1.29 is 8.42 Å². The van der Waals surface area contributed by atoms with Crippen LogP contribution in [0.15, 0.2) is 36.5 Å². The minimum atomic E-state index is -2.84. The van der Waals surface area contributed by atoms with Crippen LogP contribution in [-0.4, -0.2) is 38.0 Å². The Hall–Kier alpha value is -1.46. The minimum Gasteiger partial charge on any atom is -0.316 e. The first-order valence-electron chi connectivity index (χ1n) is 7.36. The van der Waals surface area contributed by atoms with E-state index in [2.05, 4.69) is 28.5 Å². The second kappa shape index (κ2) is 7.52. The lowest BCUT2D eigenvalue weighted by molar-refractivity contribution is 0.590. The van der Waals surface area contributed by atoms with Crippen LogP contribution in [-0.2, 0) is 16.3 Å². The molecule has 1 aromatic heterocycles. The summed E-state index contributed by atoms with van der Waals surface area (Å²) in [6.45, 7) is 3.26. The van der Waals surface area contributed by atoms with Crippen molar-refractivity contribution in [3.8, 4) is 0 Å². The molecule has 21 heavy (non-hydrogen) atoms. The Morgan fingerprint density at radius 3 is 2.76 bits per heavy atom. The van der Waals surface area contributed by atoms with E-state index in [-0.39, 0.29) is 11.5 Å². The Morgan fingerprint density at radius 2 is 1.95 bits per heavy atom. The van der Waals surface area contributed by atoms with E-state index < -0.39 is 9.84 Å². The van der Waals surface area contributed by atoms with Crippen molar-refractivity contribution >= 4 is 20.7 Å². The Bertz CT molecular complexity index is 678. The number of aromatic nitrogens is 1. The molecule has 0 amide bonds. The molecule has 0 fully saturated rings. The number of nitrogens with one attached hydrogen (secondary N) is 1. The highest BCUT2D eigenvalue weighted by Gasteiger charge is 2.06. The number of fused-ring (bicyclic) bond motifs is 1. The van der Waals surface area contributed by atoms with Gasteiger partial charge in [-0.1, -0.05) is 31.2 Å². The third-order valence-electron chi connectivity index (χ3n) is 3.54. The molecule has 0 spiro atoms. The zero-order valence-electron chi connectivity index (χ0n) is 12.4. The van der Waals surface area contributed by atoms with Gasteiger partial charge in [0, 0.05) is 17.3 Å². The van der Waals surface area contributed by atoms with E-state index >= 15 is 0 Å². The van der Waals surface area contributed by atoms with Crippen LogP contribution >= 0.6 is 0 Å². The van der Waals surface area contributed by atoms with Gasteiger partial charge in [0.2, 0.25) is 0 Å². The third-order valence-corrected chi connectivity index (χ3v) is 5.33. The number of hydrogen-bond acceptors (Lipinski definition) is 4. The summed E-state index contributed by atoms with van der Waals surface area (Å²) >= 11 is 0. The van der Waals surface area contributed by atoms with Crippen LogP contribution < -0.4 is 5.32 Å². The van der Waals surface area contributed by atoms with Crippen molar-refractivity contribution in [2.45, 2.75) is 19.8 Å². The predicted octanol–water partition coefficient (Wildman–Crippen LogP) is 2.19. The highest BCUT2D eigenvalue weighted by molar-refractivity contribution is 7.91. The van der Waals surface area contributed by atoms with Crippen molar-refractivity contribution in [2.75, 3.05) is 24.6 Å². The molecule has 1 heterocycles. The molecule has 0 atom stereocenters. The van der Waals surface area contributed by atoms with Gasteiger partial charge in [-0.2, -0.15) is 0 Å². The largest absolute Gasteiger partial charge is 0.316 e. The molecular weight excluding hydrogens is 284 g/mol. The zero-order chi connectivity index (χ0) is 15.1. The van der Waals surface area contributed by atoms with Crippen LogP contribution in [0.25, 0.3) is 10.9 Å². The summed E-state index contributed by atoms with van der Waals surface area (Å²) in [4.78, 5) is 4.43. The topological polar surface area (TPSA) is 59.1 Å². The fourth-order valence-electron chi connectivity index (χ4n) is 2.28. The summed E-state index contributed by atoms with van der Waals surface area (Å²) in [7, 11) is -2.84. The van der Waals surface area contributed by atoms with E-state index in [0.717, 1.165) is 30.4 Å². The molecule has 4 nitrogen and oxygen atoms in total. The van der Waals surface area contributed by atoms with Gasteiger partial charge in [0.25, 0.3) is 0 Å². The van der Waals surface area contributed by atoms with E-state index in [4.69, 9.17) is 0 Å².